The first-order valence-electron chi connectivity index (χ1n) is 7.71. The van der Waals surface area contributed by atoms with Crippen LogP contribution in [0.4, 0.5) is 0 Å². The lowest BCUT2D eigenvalue weighted by atomic mass is 10.0. The number of carbonyl (C=O) groups is 1. The van der Waals surface area contributed by atoms with E-state index in [-0.39, 0.29) is 24.2 Å². The number of thiazole rings is 1. The van der Waals surface area contributed by atoms with Crippen molar-refractivity contribution >= 4 is 17.2 Å². The molecular formula is C16H17N3O3S. The second-order valence-electron chi connectivity index (χ2n) is 5.70. The molecule has 0 N–H and O–H groups in total. The Morgan fingerprint density at radius 2 is 2.35 bits per heavy atom. The molecule has 7 heteroatoms. The molecule has 0 spiro atoms. The van der Waals surface area contributed by atoms with Gasteiger partial charge >= 0.3 is 0 Å². The van der Waals surface area contributed by atoms with Crippen molar-refractivity contribution in [2.75, 3.05) is 13.2 Å². The summed E-state index contributed by atoms with van der Waals surface area (Å²) in [5, 5.41) is 1.79. The average Bonchev–Trinajstić information content (AvgIpc) is 3.24. The molecular weight excluding hydrogens is 314 g/mol. The van der Waals surface area contributed by atoms with E-state index in [0.29, 0.717) is 24.7 Å². The number of hydrogen-bond donors (Lipinski definition) is 0. The molecule has 4 rings (SSSR count). The summed E-state index contributed by atoms with van der Waals surface area (Å²) in [6.07, 6.45) is 3.29. The Hall–Kier alpha value is -1.99. The van der Waals surface area contributed by atoms with E-state index < -0.39 is 0 Å². The Balaban J connectivity index is 1.56. The van der Waals surface area contributed by atoms with Crippen LogP contribution in [0, 0.1) is 0 Å². The van der Waals surface area contributed by atoms with Gasteiger partial charge in [-0.2, -0.15) is 0 Å². The molecule has 2 aliphatic rings. The van der Waals surface area contributed by atoms with Gasteiger partial charge in [-0.1, -0.05) is 6.07 Å². The van der Waals surface area contributed by atoms with Gasteiger partial charge in [-0.05, 0) is 18.9 Å². The van der Waals surface area contributed by atoms with Gasteiger partial charge in [0, 0.05) is 24.3 Å². The highest BCUT2D eigenvalue weighted by atomic mass is 32.1. The largest absolute Gasteiger partial charge is 0.470 e. The van der Waals surface area contributed by atoms with E-state index in [1.165, 1.54) is 11.3 Å². The highest BCUT2D eigenvalue weighted by Crippen LogP contribution is 2.32. The molecule has 2 saturated heterocycles. The minimum absolute atomic E-state index is 0.0427. The van der Waals surface area contributed by atoms with Crippen LogP contribution in [0.3, 0.4) is 0 Å². The van der Waals surface area contributed by atoms with Crippen molar-refractivity contribution in [3.63, 3.8) is 0 Å². The molecule has 0 aliphatic carbocycles. The zero-order chi connectivity index (χ0) is 15.6. The second-order valence-corrected chi connectivity index (χ2v) is 6.42. The Kier molecular flexibility index (Phi) is 3.97. The normalized spacial score (nSPS) is 26.8. The number of nitrogens with zero attached hydrogens (tertiary/aromatic N) is 3. The van der Waals surface area contributed by atoms with Crippen molar-refractivity contribution in [1.29, 1.82) is 0 Å². The molecule has 120 valence electrons. The second kappa shape index (κ2) is 6.25. The van der Waals surface area contributed by atoms with Gasteiger partial charge in [0.15, 0.2) is 0 Å². The van der Waals surface area contributed by atoms with Gasteiger partial charge in [0.25, 0.3) is 5.91 Å². The monoisotopic (exact) mass is 331 g/mol. The summed E-state index contributed by atoms with van der Waals surface area (Å²) in [7, 11) is 0. The zero-order valence-electron chi connectivity index (χ0n) is 12.5. The first-order chi connectivity index (χ1) is 11.3. The third-order valence-corrected chi connectivity index (χ3v) is 4.89. The SMILES string of the molecule is O=C(c1cscn1)N1C[C@@H](Oc2ccccn2)[C@H]2OCCC[C@H]21. The van der Waals surface area contributed by atoms with Crippen LogP contribution in [0.5, 0.6) is 5.88 Å². The summed E-state index contributed by atoms with van der Waals surface area (Å²) >= 11 is 1.43. The number of carbonyl (C=O) groups excluding carboxylic acids is 1. The third kappa shape index (κ3) is 2.82. The maximum Gasteiger partial charge on any atom is 0.273 e. The number of likely N-dealkylation sites (tertiary alicyclic amines) is 1. The summed E-state index contributed by atoms with van der Waals surface area (Å²) in [6.45, 7) is 1.21. The van der Waals surface area contributed by atoms with Crippen molar-refractivity contribution in [3.8, 4) is 5.88 Å². The number of aromatic nitrogens is 2. The quantitative estimate of drug-likeness (QED) is 0.860. The topological polar surface area (TPSA) is 64.6 Å². The summed E-state index contributed by atoms with van der Waals surface area (Å²) < 4.78 is 11.9. The lowest BCUT2D eigenvalue weighted by Crippen LogP contribution is -2.44. The number of pyridine rings is 1. The minimum atomic E-state index is -0.196. The van der Waals surface area contributed by atoms with E-state index in [1.807, 2.05) is 23.1 Å². The molecule has 23 heavy (non-hydrogen) atoms. The highest BCUT2D eigenvalue weighted by molar-refractivity contribution is 7.07. The summed E-state index contributed by atoms with van der Waals surface area (Å²) in [4.78, 5) is 22.9. The number of rotatable bonds is 3. The molecule has 2 aliphatic heterocycles. The molecule has 1 amide bonds. The molecule has 2 aromatic rings. The highest BCUT2D eigenvalue weighted by Gasteiger charge is 2.48. The zero-order valence-corrected chi connectivity index (χ0v) is 13.3. The van der Waals surface area contributed by atoms with Crippen LogP contribution in [-0.2, 0) is 4.74 Å². The van der Waals surface area contributed by atoms with Crippen molar-refractivity contribution in [2.24, 2.45) is 0 Å². The lowest BCUT2D eigenvalue weighted by Gasteiger charge is -2.31. The molecule has 0 unspecified atom stereocenters. The fourth-order valence-electron chi connectivity index (χ4n) is 3.28. The maximum absolute atomic E-state index is 12.7. The van der Waals surface area contributed by atoms with E-state index in [2.05, 4.69) is 9.97 Å². The van der Waals surface area contributed by atoms with Crippen LogP contribution in [-0.4, -0.2) is 52.2 Å². The molecule has 0 bridgehead atoms. The minimum Gasteiger partial charge on any atom is -0.470 e. The predicted octanol–water partition coefficient (Wildman–Crippen LogP) is 1.99. The van der Waals surface area contributed by atoms with Gasteiger partial charge in [-0.25, -0.2) is 9.97 Å². The van der Waals surface area contributed by atoms with Crippen molar-refractivity contribution < 1.29 is 14.3 Å². The van der Waals surface area contributed by atoms with Crippen molar-refractivity contribution in [2.45, 2.75) is 31.1 Å². The molecule has 0 saturated carbocycles. The summed E-state index contributed by atoms with van der Waals surface area (Å²) in [6, 6.07) is 5.60. The van der Waals surface area contributed by atoms with E-state index in [4.69, 9.17) is 9.47 Å². The van der Waals surface area contributed by atoms with Gasteiger partial charge in [0.1, 0.15) is 17.9 Å². The van der Waals surface area contributed by atoms with Crippen LogP contribution in [0.1, 0.15) is 23.3 Å². The van der Waals surface area contributed by atoms with E-state index in [0.717, 1.165) is 12.8 Å². The number of fused-ring (bicyclic) bond motifs is 1. The number of amides is 1. The van der Waals surface area contributed by atoms with Gasteiger partial charge in [0.05, 0.1) is 18.1 Å². The van der Waals surface area contributed by atoms with Gasteiger partial charge < -0.3 is 14.4 Å². The van der Waals surface area contributed by atoms with Crippen LogP contribution >= 0.6 is 11.3 Å². The first kappa shape index (κ1) is 14.6. The molecule has 0 radical (unpaired) electrons. The molecule has 2 fully saturated rings. The van der Waals surface area contributed by atoms with E-state index in [1.54, 1.807) is 17.1 Å². The maximum atomic E-state index is 12.7. The van der Waals surface area contributed by atoms with Crippen LogP contribution < -0.4 is 4.74 Å². The Morgan fingerprint density at radius 1 is 1.39 bits per heavy atom. The van der Waals surface area contributed by atoms with Crippen LogP contribution in [0.25, 0.3) is 0 Å². The van der Waals surface area contributed by atoms with Gasteiger partial charge in [-0.15, -0.1) is 11.3 Å². The lowest BCUT2D eigenvalue weighted by molar-refractivity contribution is -0.0455. The summed E-state index contributed by atoms with van der Waals surface area (Å²) in [5.41, 5.74) is 2.18. The Labute approximate surface area is 138 Å². The Bertz CT molecular complexity index is 664. The fraction of sp³-hybridized carbons (Fsp3) is 0.438. The Morgan fingerprint density at radius 3 is 3.13 bits per heavy atom. The van der Waals surface area contributed by atoms with Crippen LogP contribution in [0.2, 0.25) is 0 Å². The summed E-state index contributed by atoms with van der Waals surface area (Å²) in [5.74, 6) is 0.521. The van der Waals surface area contributed by atoms with E-state index in [9.17, 15) is 4.79 Å². The smallest absolute Gasteiger partial charge is 0.273 e. The van der Waals surface area contributed by atoms with Gasteiger partial charge in [0.2, 0.25) is 5.88 Å². The van der Waals surface area contributed by atoms with Crippen molar-refractivity contribution in [3.05, 3.63) is 41.0 Å². The number of hydrogen-bond acceptors (Lipinski definition) is 6. The predicted molar refractivity (Wildman–Crippen MR) is 84.6 cm³/mol. The molecule has 6 nitrogen and oxygen atoms in total. The van der Waals surface area contributed by atoms with Gasteiger partial charge in [-0.3, -0.25) is 4.79 Å². The van der Waals surface area contributed by atoms with Crippen LogP contribution in [0.15, 0.2) is 35.3 Å². The third-order valence-electron chi connectivity index (χ3n) is 4.30. The molecule has 2 aromatic heterocycles. The fourth-order valence-corrected chi connectivity index (χ4v) is 3.81. The number of ether oxygens (including phenoxy) is 2. The molecule has 0 aromatic carbocycles. The first-order valence-corrected chi connectivity index (χ1v) is 8.65. The van der Waals surface area contributed by atoms with E-state index >= 15 is 0 Å². The molecule has 3 atom stereocenters. The average molecular weight is 331 g/mol. The van der Waals surface area contributed by atoms with Crippen molar-refractivity contribution in [1.82, 2.24) is 14.9 Å². The standard InChI is InChI=1S/C16H17N3O3S/c20-16(11-9-23-10-18-11)19-8-13(15-12(19)4-3-7-21-15)22-14-5-1-2-6-17-14/h1-2,5-6,9-10,12-13,15H,3-4,7-8H2/t12-,13-,15+/m1/s1. The molecule has 4 heterocycles.